The SMILES string of the molecule is CC1(C(=O)O)CC(CN2CCCCC2)CN1. The second-order valence-electron chi connectivity index (χ2n) is 5.45. The number of likely N-dealkylation sites (tertiary alicyclic amines) is 1. The van der Waals surface area contributed by atoms with Gasteiger partial charge in [0.1, 0.15) is 5.54 Å². The summed E-state index contributed by atoms with van der Waals surface area (Å²) >= 11 is 0. The predicted molar refractivity (Wildman–Crippen MR) is 62.4 cm³/mol. The van der Waals surface area contributed by atoms with Crippen LogP contribution < -0.4 is 5.32 Å². The Morgan fingerprint density at radius 2 is 2.12 bits per heavy atom. The van der Waals surface area contributed by atoms with E-state index in [1.807, 2.05) is 0 Å². The molecule has 0 aliphatic carbocycles. The first-order chi connectivity index (χ1) is 7.60. The van der Waals surface area contributed by atoms with Gasteiger partial charge in [0.05, 0.1) is 0 Å². The average Bonchev–Trinajstić information content (AvgIpc) is 2.63. The number of hydrogen-bond acceptors (Lipinski definition) is 3. The molecule has 16 heavy (non-hydrogen) atoms. The van der Waals surface area contributed by atoms with E-state index >= 15 is 0 Å². The summed E-state index contributed by atoms with van der Waals surface area (Å²) in [7, 11) is 0. The van der Waals surface area contributed by atoms with Crippen molar-refractivity contribution in [1.82, 2.24) is 10.2 Å². The highest BCUT2D eigenvalue weighted by Gasteiger charge is 2.41. The number of piperidine rings is 1. The van der Waals surface area contributed by atoms with Crippen LogP contribution in [0.4, 0.5) is 0 Å². The molecule has 2 rings (SSSR count). The Morgan fingerprint density at radius 1 is 1.44 bits per heavy atom. The predicted octanol–water partition coefficient (Wildman–Crippen LogP) is 0.925. The van der Waals surface area contributed by atoms with Gasteiger partial charge in [-0.15, -0.1) is 0 Å². The third-order valence-corrected chi connectivity index (χ3v) is 3.91. The van der Waals surface area contributed by atoms with Crippen LogP contribution >= 0.6 is 0 Å². The molecule has 2 N–H and O–H groups in total. The second kappa shape index (κ2) is 4.72. The van der Waals surface area contributed by atoms with Crippen molar-refractivity contribution in [2.75, 3.05) is 26.2 Å². The maximum absolute atomic E-state index is 11.1. The van der Waals surface area contributed by atoms with E-state index in [-0.39, 0.29) is 0 Å². The van der Waals surface area contributed by atoms with Crippen molar-refractivity contribution in [3.8, 4) is 0 Å². The van der Waals surface area contributed by atoms with E-state index in [0.29, 0.717) is 5.92 Å². The number of rotatable bonds is 3. The van der Waals surface area contributed by atoms with Crippen LogP contribution in [0.15, 0.2) is 0 Å². The van der Waals surface area contributed by atoms with Gasteiger partial charge in [-0.1, -0.05) is 6.42 Å². The minimum atomic E-state index is -0.714. The van der Waals surface area contributed by atoms with E-state index in [9.17, 15) is 4.79 Å². The van der Waals surface area contributed by atoms with Crippen LogP contribution in [0.5, 0.6) is 0 Å². The van der Waals surface area contributed by atoms with E-state index < -0.39 is 11.5 Å². The van der Waals surface area contributed by atoms with Gasteiger partial charge in [-0.3, -0.25) is 4.79 Å². The largest absolute Gasteiger partial charge is 0.480 e. The zero-order valence-electron chi connectivity index (χ0n) is 10.0. The third-order valence-electron chi connectivity index (χ3n) is 3.91. The maximum atomic E-state index is 11.1. The van der Waals surface area contributed by atoms with Crippen molar-refractivity contribution in [3.05, 3.63) is 0 Å². The zero-order valence-corrected chi connectivity index (χ0v) is 10.0. The Kier molecular flexibility index (Phi) is 3.50. The van der Waals surface area contributed by atoms with E-state index in [1.54, 1.807) is 6.92 Å². The summed E-state index contributed by atoms with van der Waals surface area (Å²) in [6, 6.07) is 0. The molecule has 4 nitrogen and oxygen atoms in total. The average molecular weight is 226 g/mol. The first kappa shape index (κ1) is 11.9. The number of aliphatic carboxylic acids is 1. The molecule has 0 aromatic carbocycles. The lowest BCUT2D eigenvalue weighted by molar-refractivity contribution is -0.143. The molecule has 2 saturated heterocycles. The van der Waals surface area contributed by atoms with Gasteiger partial charge in [-0.05, 0) is 45.2 Å². The standard InChI is InChI=1S/C12H22N2O2/c1-12(11(15)16)7-10(8-13-12)9-14-5-3-2-4-6-14/h10,13H,2-9H2,1H3,(H,15,16). The molecule has 2 unspecified atom stereocenters. The van der Waals surface area contributed by atoms with E-state index in [1.165, 1.54) is 32.4 Å². The molecule has 2 fully saturated rings. The van der Waals surface area contributed by atoms with Crippen LogP contribution in [0.25, 0.3) is 0 Å². The first-order valence-corrected chi connectivity index (χ1v) is 6.31. The summed E-state index contributed by atoms with van der Waals surface area (Å²) in [6.45, 7) is 6.10. The molecule has 0 aromatic rings. The fourth-order valence-electron chi connectivity index (χ4n) is 2.89. The van der Waals surface area contributed by atoms with Crippen molar-refractivity contribution in [3.63, 3.8) is 0 Å². The molecular weight excluding hydrogens is 204 g/mol. The van der Waals surface area contributed by atoms with Crippen LogP contribution in [-0.2, 0) is 4.79 Å². The molecule has 2 atom stereocenters. The molecular formula is C12H22N2O2. The molecule has 0 amide bonds. The minimum absolute atomic E-state index is 0.499. The summed E-state index contributed by atoms with van der Waals surface area (Å²) < 4.78 is 0. The van der Waals surface area contributed by atoms with E-state index in [0.717, 1.165) is 19.5 Å². The first-order valence-electron chi connectivity index (χ1n) is 6.31. The topological polar surface area (TPSA) is 52.6 Å². The Labute approximate surface area is 97.0 Å². The summed E-state index contributed by atoms with van der Waals surface area (Å²) in [4.78, 5) is 13.6. The van der Waals surface area contributed by atoms with Gasteiger partial charge in [0.15, 0.2) is 0 Å². The van der Waals surface area contributed by atoms with Crippen LogP contribution in [0, 0.1) is 5.92 Å². The van der Waals surface area contributed by atoms with Crippen molar-refractivity contribution in [1.29, 1.82) is 0 Å². The van der Waals surface area contributed by atoms with Gasteiger partial charge in [0.25, 0.3) is 0 Å². The highest BCUT2D eigenvalue weighted by molar-refractivity contribution is 5.78. The number of carboxylic acid groups (broad SMARTS) is 1. The Balaban J connectivity index is 1.82. The van der Waals surface area contributed by atoms with Crippen LogP contribution in [0.1, 0.15) is 32.6 Å². The second-order valence-corrected chi connectivity index (χ2v) is 5.45. The molecule has 0 radical (unpaired) electrons. The van der Waals surface area contributed by atoms with Gasteiger partial charge in [0.2, 0.25) is 0 Å². The summed E-state index contributed by atoms with van der Waals surface area (Å²) in [5, 5.41) is 12.3. The van der Waals surface area contributed by atoms with Gasteiger partial charge in [-0.25, -0.2) is 0 Å². The van der Waals surface area contributed by atoms with Gasteiger partial charge in [0, 0.05) is 13.1 Å². The van der Waals surface area contributed by atoms with Crippen molar-refractivity contribution >= 4 is 5.97 Å². The van der Waals surface area contributed by atoms with Crippen molar-refractivity contribution in [2.24, 2.45) is 5.92 Å². The Hall–Kier alpha value is -0.610. The molecule has 92 valence electrons. The molecule has 2 heterocycles. The third kappa shape index (κ3) is 2.55. The lowest BCUT2D eigenvalue weighted by atomic mass is 9.94. The normalized spacial score (nSPS) is 36.4. The quantitative estimate of drug-likeness (QED) is 0.751. The molecule has 0 aromatic heterocycles. The summed E-state index contributed by atoms with van der Waals surface area (Å²) in [5.74, 6) is -0.215. The fraction of sp³-hybridized carbons (Fsp3) is 0.917. The molecule has 0 spiro atoms. The number of hydrogen-bond donors (Lipinski definition) is 2. The molecule has 0 bridgehead atoms. The maximum Gasteiger partial charge on any atom is 0.323 e. The van der Waals surface area contributed by atoms with Gasteiger partial charge in [-0.2, -0.15) is 0 Å². The van der Waals surface area contributed by atoms with Gasteiger partial charge < -0.3 is 15.3 Å². The number of nitrogens with zero attached hydrogens (tertiary/aromatic N) is 1. The molecule has 0 saturated carbocycles. The number of nitrogens with one attached hydrogen (secondary N) is 1. The summed E-state index contributed by atoms with van der Waals surface area (Å²) in [6.07, 6.45) is 4.72. The van der Waals surface area contributed by atoms with Crippen molar-refractivity contribution < 1.29 is 9.90 Å². The molecule has 2 aliphatic heterocycles. The van der Waals surface area contributed by atoms with Gasteiger partial charge >= 0.3 is 5.97 Å². The minimum Gasteiger partial charge on any atom is -0.480 e. The zero-order chi connectivity index (χ0) is 11.6. The molecule has 4 heteroatoms. The highest BCUT2D eigenvalue weighted by Crippen LogP contribution is 2.25. The van der Waals surface area contributed by atoms with Crippen LogP contribution in [0.3, 0.4) is 0 Å². The lowest BCUT2D eigenvalue weighted by Gasteiger charge is -2.29. The fourth-order valence-corrected chi connectivity index (χ4v) is 2.89. The van der Waals surface area contributed by atoms with E-state index in [2.05, 4.69) is 10.2 Å². The van der Waals surface area contributed by atoms with Crippen molar-refractivity contribution in [2.45, 2.75) is 38.1 Å². The smallest absolute Gasteiger partial charge is 0.323 e. The number of carboxylic acids is 1. The van der Waals surface area contributed by atoms with Crippen LogP contribution in [0.2, 0.25) is 0 Å². The number of carbonyl (C=O) groups is 1. The monoisotopic (exact) mass is 226 g/mol. The molecule has 2 aliphatic rings. The highest BCUT2D eigenvalue weighted by atomic mass is 16.4. The van der Waals surface area contributed by atoms with Crippen LogP contribution in [-0.4, -0.2) is 47.7 Å². The Bertz CT molecular complexity index is 264. The summed E-state index contributed by atoms with van der Waals surface area (Å²) in [5.41, 5.74) is -0.694. The lowest BCUT2D eigenvalue weighted by Crippen LogP contribution is -2.44. The Morgan fingerprint density at radius 3 is 2.69 bits per heavy atom. The van der Waals surface area contributed by atoms with E-state index in [4.69, 9.17) is 5.11 Å².